The minimum Gasteiger partial charge on any atom is -0.347 e. The summed E-state index contributed by atoms with van der Waals surface area (Å²) in [6, 6.07) is 12.7. The Morgan fingerprint density at radius 2 is 1.62 bits per heavy atom. The minimum absolute atomic E-state index is 0.151. The highest BCUT2D eigenvalue weighted by molar-refractivity contribution is 6.02. The highest BCUT2D eigenvalue weighted by Gasteiger charge is 2.21. The lowest BCUT2D eigenvalue weighted by Crippen LogP contribution is -2.26. The molecule has 0 atom stereocenters. The summed E-state index contributed by atoms with van der Waals surface area (Å²) in [5.74, 6) is -0.571. The molecule has 0 saturated heterocycles. The van der Waals surface area contributed by atoms with Gasteiger partial charge in [0.15, 0.2) is 5.69 Å². The average Bonchev–Trinajstić information content (AvgIpc) is 3.17. The van der Waals surface area contributed by atoms with Crippen LogP contribution in [-0.4, -0.2) is 31.2 Å². The summed E-state index contributed by atoms with van der Waals surface area (Å²) in [7, 11) is 0. The van der Waals surface area contributed by atoms with Crippen molar-refractivity contribution in [2.75, 3.05) is 0 Å². The number of rotatable bonds is 6. The van der Waals surface area contributed by atoms with Gasteiger partial charge in [-0.3, -0.25) is 24.0 Å². The number of aromatic nitrogens is 4. The molecule has 8 heteroatoms. The lowest BCUT2D eigenvalue weighted by atomic mass is 10.2. The molecule has 2 N–H and O–H groups in total. The quantitative estimate of drug-likeness (QED) is 0.528. The molecule has 4 aromatic heterocycles. The maximum Gasteiger partial charge on any atom is 0.287 e. The molecular weight excluding hydrogens is 368 g/mol. The molecule has 0 radical (unpaired) electrons. The van der Waals surface area contributed by atoms with Gasteiger partial charge in [0.2, 0.25) is 5.82 Å². The van der Waals surface area contributed by atoms with Crippen molar-refractivity contribution in [1.82, 2.24) is 30.0 Å². The van der Waals surface area contributed by atoms with Crippen LogP contribution in [0.1, 0.15) is 32.2 Å². The lowest BCUT2D eigenvalue weighted by Gasteiger charge is -2.04. The molecule has 4 aromatic rings. The third-order valence-corrected chi connectivity index (χ3v) is 4.34. The van der Waals surface area contributed by atoms with Gasteiger partial charge >= 0.3 is 0 Å². The average molecular weight is 386 g/mol. The van der Waals surface area contributed by atoms with Crippen LogP contribution in [0.4, 0.5) is 0 Å². The van der Waals surface area contributed by atoms with E-state index in [0.717, 1.165) is 11.1 Å². The van der Waals surface area contributed by atoms with Crippen molar-refractivity contribution in [2.24, 2.45) is 0 Å². The summed E-state index contributed by atoms with van der Waals surface area (Å²) < 4.78 is 1.61. The monoisotopic (exact) mass is 386 g/mol. The topological polar surface area (TPSA) is 101 Å². The van der Waals surface area contributed by atoms with E-state index >= 15 is 0 Å². The van der Waals surface area contributed by atoms with E-state index in [1.807, 2.05) is 18.2 Å². The molecule has 144 valence electrons. The SMILES string of the molecule is O=C(NCc1ccncc1)c1nc(C(=O)NCc2cccnc2)n2ccccc12. The maximum atomic E-state index is 12.7. The maximum absolute atomic E-state index is 12.7. The van der Waals surface area contributed by atoms with Crippen molar-refractivity contribution in [3.05, 3.63) is 96.1 Å². The molecule has 0 aliphatic heterocycles. The summed E-state index contributed by atoms with van der Waals surface area (Å²) in [6.07, 6.45) is 8.39. The zero-order valence-electron chi connectivity index (χ0n) is 15.4. The number of fused-ring (bicyclic) bond motifs is 1. The fraction of sp³-hybridized carbons (Fsp3) is 0.0952. The minimum atomic E-state index is -0.372. The lowest BCUT2D eigenvalue weighted by molar-refractivity contribution is 0.0939. The number of nitrogens with zero attached hydrogens (tertiary/aromatic N) is 4. The molecule has 8 nitrogen and oxygen atoms in total. The largest absolute Gasteiger partial charge is 0.347 e. The Labute approximate surface area is 166 Å². The Kier molecular flexibility index (Phi) is 5.24. The first-order valence-corrected chi connectivity index (χ1v) is 9.03. The molecule has 4 rings (SSSR count). The molecule has 0 aliphatic carbocycles. The van der Waals surface area contributed by atoms with Gasteiger partial charge < -0.3 is 10.6 Å². The zero-order chi connectivity index (χ0) is 20.1. The molecule has 0 fully saturated rings. The van der Waals surface area contributed by atoms with Gasteiger partial charge in [-0.25, -0.2) is 4.98 Å². The Bertz CT molecular complexity index is 1050. The summed E-state index contributed by atoms with van der Waals surface area (Å²) in [5.41, 5.74) is 2.56. The second-order valence-electron chi connectivity index (χ2n) is 6.32. The van der Waals surface area contributed by atoms with Crippen molar-refractivity contribution in [3.63, 3.8) is 0 Å². The molecule has 0 aliphatic rings. The van der Waals surface area contributed by atoms with E-state index in [4.69, 9.17) is 0 Å². The third-order valence-electron chi connectivity index (χ3n) is 4.34. The number of hydrogen-bond donors (Lipinski definition) is 2. The number of nitrogens with one attached hydrogen (secondary N) is 2. The van der Waals surface area contributed by atoms with Crippen LogP contribution in [0, 0.1) is 0 Å². The predicted molar refractivity (Wildman–Crippen MR) is 106 cm³/mol. The van der Waals surface area contributed by atoms with E-state index < -0.39 is 0 Å². The second-order valence-corrected chi connectivity index (χ2v) is 6.32. The van der Waals surface area contributed by atoms with Gasteiger partial charge in [-0.2, -0.15) is 0 Å². The Morgan fingerprint density at radius 1 is 0.828 bits per heavy atom. The number of hydrogen-bond acceptors (Lipinski definition) is 5. The van der Waals surface area contributed by atoms with E-state index in [9.17, 15) is 9.59 Å². The Morgan fingerprint density at radius 3 is 2.41 bits per heavy atom. The Hall–Kier alpha value is -4.07. The zero-order valence-corrected chi connectivity index (χ0v) is 15.4. The van der Waals surface area contributed by atoms with Crippen LogP contribution in [0.2, 0.25) is 0 Å². The van der Waals surface area contributed by atoms with Crippen molar-refractivity contribution in [3.8, 4) is 0 Å². The molecule has 29 heavy (non-hydrogen) atoms. The van der Waals surface area contributed by atoms with Crippen molar-refractivity contribution < 1.29 is 9.59 Å². The number of carbonyl (C=O) groups excluding carboxylic acids is 2. The van der Waals surface area contributed by atoms with E-state index in [2.05, 4.69) is 25.6 Å². The fourth-order valence-electron chi connectivity index (χ4n) is 2.90. The van der Waals surface area contributed by atoms with Crippen molar-refractivity contribution >= 4 is 17.3 Å². The van der Waals surface area contributed by atoms with Crippen LogP contribution in [0.3, 0.4) is 0 Å². The second kappa shape index (κ2) is 8.30. The predicted octanol–water partition coefficient (Wildman–Crippen LogP) is 1.98. The fourth-order valence-corrected chi connectivity index (χ4v) is 2.90. The standard InChI is InChI=1S/C21H18N6O2/c28-20(24-13-15-6-9-22-10-7-15)18-17-5-1-2-11-27(17)19(26-18)21(29)25-14-16-4-3-8-23-12-16/h1-12H,13-14H2,(H,24,28)(H,25,29). The molecule has 0 unspecified atom stereocenters. The summed E-state index contributed by atoms with van der Waals surface area (Å²) in [4.78, 5) is 37.7. The van der Waals surface area contributed by atoms with Crippen LogP contribution in [0.15, 0.2) is 73.4 Å². The smallest absolute Gasteiger partial charge is 0.287 e. The summed E-state index contributed by atoms with van der Waals surface area (Å²) in [6.45, 7) is 0.660. The van der Waals surface area contributed by atoms with Gasteiger partial charge in [0, 0.05) is 44.1 Å². The first kappa shape index (κ1) is 18.3. The number of imidazole rings is 1. The molecule has 4 heterocycles. The van der Waals surface area contributed by atoms with Gasteiger partial charge in [0.05, 0.1) is 5.52 Å². The molecule has 0 aromatic carbocycles. The third kappa shape index (κ3) is 4.11. The summed E-state index contributed by atoms with van der Waals surface area (Å²) in [5, 5.41) is 5.65. The van der Waals surface area contributed by atoms with Gasteiger partial charge in [-0.1, -0.05) is 12.1 Å². The van der Waals surface area contributed by atoms with Gasteiger partial charge in [-0.15, -0.1) is 0 Å². The van der Waals surface area contributed by atoms with Crippen LogP contribution in [-0.2, 0) is 13.1 Å². The Balaban J connectivity index is 1.54. The van der Waals surface area contributed by atoms with Crippen LogP contribution in [0.25, 0.3) is 5.52 Å². The van der Waals surface area contributed by atoms with E-state index in [0.29, 0.717) is 18.6 Å². The molecule has 2 amide bonds. The highest BCUT2D eigenvalue weighted by Crippen LogP contribution is 2.14. The highest BCUT2D eigenvalue weighted by atomic mass is 16.2. The first-order valence-electron chi connectivity index (χ1n) is 9.03. The van der Waals surface area contributed by atoms with E-state index in [1.54, 1.807) is 59.7 Å². The summed E-state index contributed by atoms with van der Waals surface area (Å²) >= 11 is 0. The van der Waals surface area contributed by atoms with E-state index in [1.165, 1.54) is 0 Å². The molecular formula is C21H18N6O2. The van der Waals surface area contributed by atoms with Crippen molar-refractivity contribution in [1.29, 1.82) is 0 Å². The normalized spacial score (nSPS) is 10.6. The molecule has 0 spiro atoms. The van der Waals surface area contributed by atoms with Crippen molar-refractivity contribution in [2.45, 2.75) is 13.1 Å². The number of carbonyl (C=O) groups is 2. The van der Waals surface area contributed by atoms with E-state index in [-0.39, 0.29) is 23.3 Å². The van der Waals surface area contributed by atoms with Gasteiger partial charge in [-0.05, 0) is 41.5 Å². The molecule has 0 saturated carbocycles. The van der Waals surface area contributed by atoms with Crippen LogP contribution >= 0.6 is 0 Å². The van der Waals surface area contributed by atoms with Crippen LogP contribution < -0.4 is 10.6 Å². The number of pyridine rings is 3. The number of amides is 2. The first-order chi connectivity index (χ1) is 14.2. The van der Waals surface area contributed by atoms with Gasteiger partial charge in [0.25, 0.3) is 11.8 Å². The molecule has 0 bridgehead atoms. The van der Waals surface area contributed by atoms with Gasteiger partial charge in [0.1, 0.15) is 0 Å². The van der Waals surface area contributed by atoms with Crippen LogP contribution in [0.5, 0.6) is 0 Å².